The lowest BCUT2D eigenvalue weighted by Gasteiger charge is -2.34. The highest BCUT2D eigenvalue weighted by Crippen LogP contribution is 2.27. The van der Waals surface area contributed by atoms with Gasteiger partial charge in [-0.15, -0.1) is 0 Å². The lowest BCUT2D eigenvalue weighted by atomic mass is 10.1. The van der Waals surface area contributed by atoms with Gasteiger partial charge in [0.1, 0.15) is 17.4 Å². The van der Waals surface area contributed by atoms with E-state index in [9.17, 15) is 4.39 Å². The summed E-state index contributed by atoms with van der Waals surface area (Å²) >= 11 is 0. The average molecular weight is 367 g/mol. The molecule has 1 N–H and O–H groups in total. The predicted octanol–water partition coefficient (Wildman–Crippen LogP) is 3.80. The SMILES string of the molecule is COc1ccc(CN2CCOC[C@H]2c2ncc(-c3cccc(F)c3)[nH]2)cc1. The maximum Gasteiger partial charge on any atom is 0.126 e. The highest BCUT2D eigenvalue weighted by molar-refractivity contribution is 5.58. The molecule has 1 aliphatic rings. The van der Waals surface area contributed by atoms with Gasteiger partial charge in [-0.05, 0) is 29.8 Å². The predicted molar refractivity (Wildman–Crippen MR) is 101 cm³/mol. The van der Waals surface area contributed by atoms with Crippen LogP contribution in [0, 0.1) is 5.82 Å². The van der Waals surface area contributed by atoms with Gasteiger partial charge in [0, 0.05) is 18.7 Å². The zero-order chi connectivity index (χ0) is 18.6. The fraction of sp³-hybridized carbons (Fsp3) is 0.286. The molecular formula is C21H22FN3O2. The molecule has 1 aromatic heterocycles. The number of ether oxygens (including phenoxy) is 2. The van der Waals surface area contributed by atoms with Crippen LogP contribution in [0.4, 0.5) is 4.39 Å². The Bertz CT molecular complexity index is 894. The average Bonchev–Trinajstić information content (AvgIpc) is 3.19. The maximum absolute atomic E-state index is 13.5. The molecular weight excluding hydrogens is 345 g/mol. The lowest BCUT2D eigenvalue weighted by molar-refractivity contribution is -0.0156. The number of rotatable bonds is 5. The summed E-state index contributed by atoms with van der Waals surface area (Å²) in [5.74, 6) is 1.43. The van der Waals surface area contributed by atoms with Gasteiger partial charge >= 0.3 is 0 Å². The van der Waals surface area contributed by atoms with E-state index in [2.05, 4.69) is 27.0 Å². The molecule has 0 radical (unpaired) electrons. The molecule has 0 saturated carbocycles. The first-order chi connectivity index (χ1) is 13.2. The highest BCUT2D eigenvalue weighted by Gasteiger charge is 2.27. The topological polar surface area (TPSA) is 50.4 Å². The van der Waals surface area contributed by atoms with Crippen LogP contribution in [0.5, 0.6) is 5.75 Å². The van der Waals surface area contributed by atoms with Gasteiger partial charge in [-0.3, -0.25) is 4.90 Å². The summed E-state index contributed by atoms with van der Waals surface area (Å²) in [5, 5.41) is 0. The molecule has 0 aliphatic carbocycles. The number of hydrogen-bond donors (Lipinski definition) is 1. The fourth-order valence-corrected chi connectivity index (χ4v) is 3.35. The molecule has 0 bridgehead atoms. The van der Waals surface area contributed by atoms with Crippen LogP contribution >= 0.6 is 0 Å². The number of nitrogens with zero attached hydrogens (tertiary/aromatic N) is 2. The van der Waals surface area contributed by atoms with Gasteiger partial charge in [0.05, 0.1) is 38.3 Å². The minimum absolute atomic E-state index is 0.0307. The minimum Gasteiger partial charge on any atom is -0.497 e. The number of hydrogen-bond acceptors (Lipinski definition) is 4. The second-order valence-electron chi connectivity index (χ2n) is 6.60. The molecule has 3 aromatic rings. The molecule has 1 aliphatic heterocycles. The van der Waals surface area contributed by atoms with E-state index in [1.54, 1.807) is 19.4 Å². The van der Waals surface area contributed by atoms with Crippen molar-refractivity contribution >= 4 is 0 Å². The number of morpholine rings is 1. The Morgan fingerprint density at radius 2 is 2.11 bits per heavy atom. The second kappa shape index (κ2) is 7.90. The zero-order valence-electron chi connectivity index (χ0n) is 15.2. The molecule has 1 saturated heterocycles. The van der Waals surface area contributed by atoms with Crippen molar-refractivity contribution in [2.75, 3.05) is 26.9 Å². The van der Waals surface area contributed by atoms with E-state index in [0.717, 1.165) is 35.9 Å². The van der Waals surface area contributed by atoms with Crippen LogP contribution in [-0.2, 0) is 11.3 Å². The van der Waals surface area contributed by atoms with Crippen molar-refractivity contribution in [1.29, 1.82) is 0 Å². The smallest absolute Gasteiger partial charge is 0.126 e. The molecule has 2 aromatic carbocycles. The molecule has 27 heavy (non-hydrogen) atoms. The summed E-state index contributed by atoms with van der Waals surface area (Å²) in [6.45, 7) is 2.90. The van der Waals surface area contributed by atoms with Crippen molar-refractivity contribution in [3.63, 3.8) is 0 Å². The monoisotopic (exact) mass is 367 g/mol. The molecule has 5 nitrogen and oxygen atoms in total. The normalized spacial score (nSPS) is 17.8. The van der Waals surface area contributed by atoms with Gasteiger partial charge in [-0.25, -0.2) is 9.37 Å². The summed E-state index contributed by atoms with van der Waals surface area (Å²) in [6.07, 6.45) is 1.75. The number of benzene rings is 2. The standard InChI is InChI=1S/C21H22FN3O2/c1-26-18-7-5-15(6-8-18)13-25-9-10-27-14-20(25)21-23-12-19(24-21)16-3-2-4-17(22)11-16/h2-8,11-12,20H,9-10,13-14H2,1H3,(H,23,24)/t20-/m0/s1. The van der Waals surface area contributed by atoms with Crippen LogP contribution in [0.15, 0.2) is 54.7 Å². The van der Waals surface area contributed by atoms with Crippen molar-refractivity contribution < 1.29 is 13.9 Å². The number of halogens is 1. The molecule has 6 heteroatoms. The molecule has 0 spiro atoms. The first kappa shape index (κ1) is 17.7. The third-order valence-electron chi connectivity index (χ3n) is 4.83. The van der Waals surface area contributed by atoms with Crippen molar-refractivity contribution in [2.24, 2.45) is 0 Å². The molecule has 0 unspecified atom stereocenters. The van der Waals surface area contributed by atoms with E-state index in [4.69, 9.17) is 9.47 Å². The third-order valence-corrected chi connectivity index (χ3v) is 4.83. The Kier molecular flexibility index (Phi) is 5.18. The van der Waals surface area contributed by atoms with Gasteiger partial charge in [0.25, 0.3) is 0 Å². The van der Waals surface area contributed by atoms with Crippen molar-refractivity contribution in [3.05, 3.63) is 71.9 Å². The number of imidazole rings is 1. The number of H-pyrrole nitrogens is 1. The Morgan fingerprint density at radius 3 is 2.89 bits per heavy atom. The van der Waals surface area contributed by atoms with E-state index in [-0.39, 0.29) is 11.9 Å². The van der Waals surface area contributed by atoms with Gasteiger partial charge in [-0.1, -0.05) is 24.3 Å². The van der Waals surface area contributed by atoms with Crippen LogP contribution in [0.25, 0.3) is 11.3 Å². The van der Waals surface area contributed by atoms with Crippen LogP contribution in [0.1, 0.15) is 17.4 Å². The number of aromatic amines is 1. The van der Waals surface area contributed by atoms with Crippen LogP contribution in [-0.4, -0.2) is 41.7 Å². The Labute approximate surface area is 157 Å². The van der Waals surface area contributed by atoms with E-state index < -0.39 is 0 Å². The van der Waals surface area contributed by atoms with Crippen molar-refractivity contribution in [3.8, 4) is 17.0 Å². The first-order valence-electron chi connectivity index (χ1n) is 8.98. The molecule has 1 atom stereocenters. The maximum atomic E-state index is 13.5. The largest absolute Gasteiger partial charge is 0.497 e. The number of methoxy groups -OCH3 is 1. The third kappa shape index (κ3) is 4.02. The van der Waals surface area contributed by atoms with Crippen LogP contribution in [0.3, 0.4) is 0 Å². The van der Waals surface area contributed by atoms with E-state index in [1.807, 2.05) is 18.2 Å². The Hall–Kier alpha value is -2.70. The van der Waals surface area contributed by atoms with Gasteiger partial charge in [0.2, 0.25) is 0 Å². The fourth-order valence-electron chi connectivity index (χ4n) is 3.35. The Balaban J connectivity index is 1.53. The molecule has 140 valence electrons. The van der Waals surface area contributed by atoms with E-state index in [1.165, 1.54) is 17.7 Å². The zero-order valence-corrected chi connectivity index (χ0v) is 15.2. The minimum atomic E-state index is -0.259. The molecule has 1 fully saturated rings. The first-order valence-corrected chi connectivity index (χ1v) is 8.98. The summed E-state index contributed by atoms with van der Waals surface area (Å²) in [4.78, 5) is 10.2. The van der Waals surface area contributed by atoms with Crippen molar-refractivity contribution in [2.45, 2.75) is 12.6 Å². The summed E-state index contributed by atoms with van der Waals surface area (Å²) in [6, 6.07) is 14.6. The lowest BCUT2D eigenvalue weighted by Crippen LogP contribution is -2.39. The van der Waals surface area contributed by atoms with E-state index >= 15 is 0 Å². The summed E-state index contributed by atoms with van der Waals surface area (Å²) in [5.41, 5.74) is 2.80. The number of nitrogens with one attached hydrogen (secondary N) is 1. The molecule has 0 amide bonds. The van der Waals surface area contributed by atoms with Crippen LogP contribution < -0.4 is 4.74 Å². The van der Waals surface area contributed by atoms with Gasteiger partial charge in [-0.2, -0.15) is 0 Å². The number of aromatic nitrogens is 2. The summed E-state index contributed by atoms with van der Waals surface area (Å²) < 4.78 is 24.4. The Morgan fingerprint density at radius 1 is 1.26 bits per heavy atom. The van der Waals surface area contributed by atoms with Gasteiger partial charge < -0.3 is 14.5 Å². The molecule has 2 heterocycles. The van der Waals surface area contributed by atoms with E-state index in [0.29, 0.717) is 13.2 Å². The quantitative estimate of drug-likeness (QED) is 0.745. The van der Waals surface area contributed by atoms with Crippen LogP contribution in [0.2, 0.25) is 0 Å². The van der Waals surface area contributed by atoms with Crippen molar-refractivity contribution in [1.82, 2.24) is 14.9 Å². The van der Waals surface area contributed by atoms with Gasteiger partial charge in [0.15, 0.2) is 0 Å². The highest BCUT2D eigenvalue weighted by atomic mass is 19.1. The second-order valence-corrected chi connectivity index (χ2v) is 6.60. The molecule has 4 rings (SSSR count). The summed E-state index contributed by atoms with van der Waals surface area (Å²) in [7, 11) is 1.67.